The van der Waals surface area contributed by atoms with Gasteiger partial charge in [-0.2, -0.15) is 0 Å². The molecule has 0 saturated heterocycles. The van der Waals surface area contributed by atoms with Crippen molar-refractivity contribution >= 4 is 40.3 Å². The summed E-state index contributed by atoms with van der Waals surface area (Å²) in [5.74, 6) is 1.15. The van der Waals surface area contributed by atoms with Crippen molar-refractivity contribution in [3.05, 3.63) is 53.1 Å². The van der Waals surface area contributed by atoms with Gasteiger partial charge in [-0.1, -0.05) is 37.6 Å². The second-order valence-electron chi connectivity index (χ2n) is 5.21. The van der Waals surface area contributed by atoms with Gasteiger partial charge < -0.3 is 15.4 Å². The van der Waals surface area contributed by atoms with Crippen LogP contribution in [0, 0.1) is 0 Å². The highest BCUT2D eigenvalue weighted by atomic mass is 35.5. The first-order valence-electron chi connectivity index (χ1n) is 7.01. The molecule has 2 rings (SSSR count). The van der Waals surface area contributed by atoms with Gasteiger partial charge in [-0.25, -0.2) is 0 Å². The van der Waals surface area contributed by atoms with Crippen molar-refractivity contribution in [2.45, 2.75) is 19.8 Å². The fourth-order valence-electron chi connectivity index (χ4n) is 1.99. The Hall–Kier alpha value is -1.78. The molecule has 0 fully saturated rings. The third-order valence-corrected chi connectivity index (χ3v) is 3.74. The molecule has 22 heavy (non-hydrogen) atoms. The minimum absolute atomic E-state index is 0.513. The number of rotatable bonds is 4. The van der Waals surface area contributed by atoms with Crippen LogP contribution in [0.1, 0.15) is 25.3 Å². The second-order valence-corrected chi connectivity index (χ2v) is 6.02. The standard InChI is InChI=1S/C17H19ClN2OS/c1-11(2)12-4-6-13(7-5-12)19-17(22)20-14-8-9-16(21-3)15(18)10-14/h4-11H,1-3H3,(H2,19,20,22). The van der Waals surface area contributed by atoms with Crippen LogP contribution in [0.25, 0.3) is 0 Å². The molecule has 2 N–H and O–H groups in total. The summed E-state index contributed by atoms with van der Waals surface area (Å²) in [7, 11) is 1.58. The minimum Gasteiger partial charge on any atom is -0.495 e. The highest BCUT2D eigenvalue weighted by molar-refractivity contribution is 7.80. The van der Waals surface area contributed by atoms with Gasteiger partial charge in [0.05, 0.1) is 12.1 Å². The molecule has 2 aromatic carbocycles. The molecule has 0 bridgehead atoms. The van der Waals surface area contributed by atoms with Crippen LogP contribution in [0.2, 0.25) is 5.02 Å². The Balaban J connectivity index is 1.99. The normalized spacial score (nSPS) is 10.4. The van der Waals surface area contributed by atoms with Crippen LogP contribution in [-0.2, 0) is 0 Å². The van der Waals surface area contributed by atoms with Gasteiger partial charge in [-0.05, 0) is 54.0 Å². The summed E-state index contributed by atoms with van der Waals surface area (Å²) >= 11 is 11.4. The lowest BCUT2D eigenvalue weighted by molar-refractivity contribution is 0.415. The largest absolute Gasteiger partial charge is 0.495 e. The van der Waals surface area contributed by atoms with Gasteiger partial charge in [0.2, 0.25) is 0 Å². The van der Waals surface area contributed by atoms with Crippen LogP contribution in [0.15, 0.2) is 42.5 Å². The highest BCUT2D eigenvalue weighted by Gasteiger charge is 2.04. The zero-order valence-corrected chi connectivity index (χ0v) is 14.4. The van der Waals surface area contributed by atoms with Crippen molar-refractivity contribution in [2.24, 2.45) is 0 Å². The van der Waals surface area contributed by atoms with Gasteiger partial charge in [-0.3, -0.25) is 0 Å². The number of anilines is 2. The first-order valence-corrected chi connectivity index (χ1v) is 7.79. The van der Waals surface area contributed by atoms with E-state index in [-0.39, 0.29) is 0 Å². The number of halogens is 1. The molecule has 2 aromatic rings. The molecule has 0 unspecified atom stereocenters. The van der Waals surface area contributed by atoms with E-state index in [1.807, 2.05) is 18.2 Å². The van der Waals surface area contributed by atoms with E-state index in [4.69, 9.17) is 28.6 Å². The Morgan fingerprint density at radius 1 is 1.05 bits per heavy atom. The quantitative estimate of drug-likeness (QED) is 0.745. The third-order valence-electron chi connectivity index (χ3n) is 3.24. The molecule has 0 amide bonds. The van der Waals surface area contributed by atoms with E-state index in [1.54, 1.807) is 19.2 Å². The molecule has 0 aliphatic rings. The first-order chi connectivity index (χ1) is 10.5. The van der Waals surface area contributed by atoms with E-state index in [0.717, 1.165) is 11.4 Å². The fourth-order valence-corrected chi connectivity index (χ4v) is 2.48. The number of hydrogen-bond donors (Lipinski definition) is 2. The minimum atomic E-state index is 0.513. The number of benzene rings is 2. The average molecular weight is 335 g/mol. The van der Waals surface area contributed by atoms with Gasteiger partial charge in [-0.15, -0.1) is 0 Å². The average Bonchev–Trinajstić information content (AvgIpc) is 2.48. The molecule has 0 aliphatic carbocycles. The zero-order chi connectivity index (χ0) is 16.1. The zero-order valence-electron chi connectivity index (χ0n) is 12.8. The molecule has 0 atom stereocenters. The van der Waals surface area contributed by atoms with E-state index >= 15 is 0 Å². The molecule has 5 heteroatoms. The van der Waals surface area contributed by atoms with Gasteiger partial charge in [0.25, 0.3) is 0 Å². The van der Waals surface area contributed by atoms with Gasteiger partial charge in [0.15, 0.2) is 5.11 Å². The third kappa shape index (κ3) is 4.36. The monoisotopic (exact) mass is 334 g/mol. The molecule has 0 aliphatic heterocycles. The Bertz CT molecular complexity index is 656. The molecular formula is C17H19ClN2OS. The summed E-state index contributed by atoms with van der Waals surface area (Å²) in [6.07, 6.45) is 0. The fraction of sp³-hybridized carbons (Fsp3) is 0.235. The lowest BCUT2D eigenvalue weighted by atomic mass is 10.0. The van der Waals surface area contributed by atoms with Crippen LogP contribution in [0.3, 0.4) is 0 Å². The number of ether oxygens (including phenoxy) is 1. The maximum Gasteiger partial charge on any atom is 0.175 e. The summed E-state index contributed by atoms with van der Waals surface area (Å²) in [6, 6.07) is 13.7. The van der Waals surface area contributed by atoms with Gasteiger partial charge in [0, 0.05) is 11.4 Å². The molecule has 0 heterocycles. The van der Waals surface area contributed by atoms with Gasteiger partial charge >= 0.3 is 0 Å². The molecule has 0 saturated carbocycles. The van der Waals surface area contributed by atoms with E-state index in [9.17, 15) is 0 Å². The van der Waals surface area contributed by atoms with Crippen LogP contribution in [-0.4, -0.2) is 12.2 Å². The Morgan fingerprint density at radius 3 is 2.18 bits per heavy atom. The summed E-state index contributed by atoms with van der Waals surface area (Å²) in [5, 5.41) is 7.30. The number of methoxy groups -OCH3 is 1. The van der Waals surface area contributed by atoms with E-state index in [2.05, 4.69) is 36.6 Å². The van der Waals surface area contributed by atoms with Crippen molar-refractivity contribution in [1.29, 1.82) is 0 Å². The van der Waals surface area contributed by atoms with E-state index in [1.165, 1.54) is 5.56 Å². The van der Waals surface area contributed by atoms with Crippen LogP contribution in [0.4, 0.5) is 11.4 Å². The van der Waals surface area contributed by atoms with Crippen molar-refractivity contribution in [1.82, 2.24) is 0 Å². The summed E-state index contributed by atoms with van der Waals surface area (Å²) in [4.78, 5) is 0. The maximum absolute atomic E-state index is 6.09. The topological polar surface area (TPSA) is 33.3 Å². The maximum atomic E-state index is 6.09. The van der Waals surface area contributed by atoms with Crippen LogP contribution >= 0.6 is 23.8 Å². The predicted molar refractivity (Wildman–Crippen MR) is 98.4 cm³/mol. The Kier molecular flexibility index (Phi) is 5.63. The Morgan fingerprint density at radius 2 is 1.64 bits per heavy atom. The predicted octanol–water partition coefficient (Wildman–Crippen LogP) is 5.28. The number of hydrogen-bond acceptors (Lipinski definition) is 2. The summed E-state index contributed by atoms with van der Waals surface area (Å²) in [6.45, 7) is 4.34. The molecule has 3 nitrogen and oxygen atoms in total. The molecule has 0 spiro atoms. The van der Waals surface area contributed by atoms with Crippen molar-refractivity contribution < 1.29 is 4.74 Å². The summed E-state index contributed by atoms with van der Waals surface area (Å²) in [5.41, 5.74) is 3.05. The Labute approximate surface area is 141 Å². The highest BCUT2D eigenvalue weighted by Crippen LogP contribution is 2.27. The molecule has 0 radical (unpaired) electrons. The van der Waals surface area contributed by atoms with Crippen LogP contribution in [0.5, 0.6) is 5.75 Å². The van der Waals surface area contributed by atoms with Crippen LogP contribution < -0.4 is 15.4 Å². The summed E-state index contributed by atoms with van der Waals surface area (Å²) < 4.78 is 5.12. The SMILES string of the molecule is COc1ccc(NC(=S)Nc2ccc(C(C)C)cc2)cc1Cl. The van der Waals surface area contributed by atoms with Crippen molar-refractivity contribution in [3.63, 3.8) is 0 Å². The van der Waals surface area contributed by atoms with Gasteiger partial charge in [0.1, 0.15) is 5.75 Å². The molecular weight excluding hydrogens is 316 g/mol. The van der Waals surface area contributed by atoms with Crippen molar-refractivity contribution in [3.8, 4) is 5.75 Å². The van der Waals surface area contributed by atoms with Crippen molar-refractivity contribution in [2.75, 3.05) is 17.7 Å². The number of thiocarbonyl (C=S) groups is 1. The second kappa shape index (κ2) is 7.47. The lowest BCUT2D eigenvalue weighted by Gasteiger charge is -2.13. The van der Waals surface area contributed by atoms with E-state index < -0.39 is 0 Å². The smallest absolute Gasteiger partial charge is 0.175 e. The van der Waals surface area contributed by atoms with E-state index in [0.29, 0.717) is 21.8 Å². The number of nitrogens with one attached hydrogen (secondary N) is 2. The molecule has 0 aromatic heterocycles. The lowest BCUT2D eigenvalue weighted by Crippen LogP contribution is -2.19. The first kappa shape index (κ1) is 16.6. The molecule has 116 valence electrons.